The van der Waals surface area contributed by atoms with Crippen molar-refractivity contribution in [1.82, 2.24) is 15.6 Å². The van der Waals surface area contributed by atoms with Crippen molar-refractivity contribution in [3.05, 3.63) is 59.9 Å². The number of aromatic nitrogens is 1. The molecular weight excluding hydrogens is 345 g/mol. The van der Waals surface area contributed by atoms with Gasteiger partial charge in [0.25, 0.3) is 0 Å². The molecule has 1 unspecified atom stereocenters. The van der Waals surface area contributed by atoms with Crippen molar-refractivity contribution < 1.29 is 14.0 Å². The van der Waals surface area contributed by atoms with E-state index < -0.39 is 6.04 Å². The van der Waals surface area contributed by atoms with Crippen LogP contribution in [0.5, 0.6) is 0 Å². The fourth-order valence-corrected chi connectivity index (χ4v) is 3.61. The molecule has 0 radical (unpaired) electrons. The van der Waals surface area contributed by atoms with Crippen LogP contribution in [0.3, 0.4) is 0 Å². The largest absolute Gasteiger partial charge is 0.354 e. The predicted octanol–water partition coefficient (Wildman–Crippen LogP) is 2.91. The Hall–Kier alpha value is -3.15. The van der Waals surface area contributed by atoms with E-state index in [-0.39, 0.29) is 24.1 Å². The third-order valence-corrected chi connectivity index (χ3v) is 4.93. The maximum atomic E-state index is 14.5. The summed E-state index contributed by atoms with van der Waals surface area (Å²) in [5.74, 6) is -0.662. The normalized spacial score (nSPS) is 16.5. The summed E-state index contributed by atoms with van der Waals surface area (Å²) >= 11 is 0. The SMILES string of the molecule is O=C(CCc1c(-c2ccccc2)[nH]c2cccc(F)c12)NC1CCNC1=O. The van der Waals surface area contributed by atoms with Crippen molar-refractivity contribution in [3.8, 4) is 11.3 Å². The maximum Gasteiger partial charge on any atom is 0.242 e. The summed E-state index contributed by atoms with van der Waals surface area (Å²) in [6.45, 7) is 0.579. The summed E-state index contributed by atoms with van der Waals surface area (Å²) in [6, 6.07) is 14.1. The highest BCUT2D eigenvalue weighted by atomic mass is 19.1. The molecule has 1 aliphatic heterocycles. The van der Waals surface area contributed by atoms with Gasteiger partial charge in [0.1, 0.15) is 11.9 Å². The number of carbonyl (C=O) groups is 2. The molecule has 2 aromatic carbocycles. The highest BCUT2D eigenvalue weighted by Gasteiger charge is 2.25. The molecule has 6 heteroatoms. The fourth-order valence-electron chi connectivity index (χ4n) is 3.61. The number of hydrogen-bond acceptors (Lipinski definition) is 2. The van der Waals surface area contributed by atoms with Gasteiger partial charge in [-0.05, 0) is 36.1 Å². The highest BCUT2D eigenvalue weighted by Crippen LogP contribution is 2.32. The van der Waals surface area contributed by atoms with Gasteiger partial charge in [0.15, 0.2) is 0 Å². The van der Waals surface area contributed by atoms with Gasteiger partial charge in [-0.1, -0.05) is 36.4 Å². The molecule has 0 bridgehead atoms. The molecule has 0 saturated carbocycles. The summed E-state index contributed by atoms with van der Waals surface area (Å²) in [7, 11) is 0. The quantitative estimate of drug-likeness (QED) is 0.650. The van der Waals surface area contributed by atoms with Crippen molar-refractivity contribution in [2.45, 2.75) is 25.3 Å². The second kappa shape index (κ2) is 7.23. The number of aromatic amines is 1. The molecule has 5 nitrogen and oxygen atoms in total. The van der Waals surface area contributed by atoms with Crippen LogP contribution in [0.2, 0.25) is 0 Å². The van der Waals surface area contributed by atoms with E-state index in [1.807, 2.05) is 36.4 Å². The minimum Gasteiger partial charge on any atom is -0.354 e. The lowest BCUT2D eigenvalue weighted by atomic mass is 10.0. The first-order chi connectivity index (χ1) is 13.1. The van der Waals surface area contributed by atoms with Gasteiger partial charge in [-0.2, -0.15) is 0 Å². The van der Waals surface area contributed by atoms with E-state index in [1.165, 1.54) is 6.07 Å². The van der Waals surface area contributed by atoms with E-state index in [0.29, 0.717) is 30.3 Å². The Labute approximate surface area is 156 Å². The number of carbonyl (C=O) groups excluding carboxylic acids is 2. The van der Waals surface area contributed by atoms with Gasteiger partial charge in [0.05, 0.1) is 0 Å². The fraction of sp³-hybridized carbons (Fsp3) is 0.238. The Morgan fingerprint density at radius 2 is 1.96 bits per heavy atom. The molecule has 0 spiro atoms. The van der Waals surface area contributed by atoms with Gasteiger partial charge < -0.3 is 15.6 Å². The molecule has 1 aromatic heterocycles. The number of hydrogen-bond donors (Lipinski definition) is 3. The predicted molar refractivity (Wildman–Crippen MR) is 102 cm³/mol. The van der Waals surface area contributed by atoms with Crippen LogP contribution in [0.1, 0.15) is 18.4 Å². The van der Waals surface area contributed by atoms with E-state index in [0.717, 1.165) is 16.8 Å². The van der Waals surface area contributed by atoms with E-state index in [2.05, 4.69) is 15.6 Å². The van der Waals surface area contributed by atoms with Crippen LogP contribution in [-0.2, 0) is 16.0 Å². The Morgan fingerprint density at radius 1 is 1.15 bits per heavy atom. The van der Waals surface area contributed by atoms with Crippen LogP contribution in [-0.4, -0.2) is 29.4 Å². The number of fused-ring (bicyclic) bond motifs is 1. The summed E-state index contributed by atoms with van der Waals surface area (Å²) in [5.41, 5.74) is 3.25. The van der Waals surface area contributed by atoms with E-state index in [1.54, 1.807) is 6.07 Å². The van der Waals surface area contributed by atoms with Crippen LogP contribution >= 0.6 is 0 Å². The number of amides is 2. The summed E-state index contributed by atoms with van der Waals surface area (Å²) in [4.78, 5) is 27.2. The monoisotopic (exact) mass is 365 g/mol. The van der Waals surface area contributed by atoms with E-state index in [4.69, 9.17) is 0 Å². The van der Waals surface area contributed by atoms with E-state index in [9.17, 15) is 14.0 Å². The first-order valence-electron chi connectivity index (χ1n) is 9.05. The molecular formula is C21H20FN3O2. The molecule has 1 fully saturated rings. The lowest BCUT2D eigenvalue weighted by molar-refractivity contribution is -0.127. The zero-order valence-electron chi connectivity index (χ0n) is 14.7. The first kappa shape index (κ1) is 17.3. The molecule has 27 heavy (non-hydrogen) atoms. The number of rotatable bonds is 5. The van der Waals surface area contributed by atoms with Gasteiger partial charge in [-0.3, -0.25) is 9.59 Å². The number of nitrogens with one attached hydrogen (secondary N) is 3. The molecule has 2 heterocycles. The van der Waals surface area contributed by atoms with Gasteiger partial charge in [-0.15, -0.1) is 0 Å². The molecule has 1 saturated heterocycles. The smallest absolute Gasteiger partial charge is 0.242 e. The molecule has 2 amide bonds. The summed E-state index contributed by atoms with van der Waals surface area (Å²) < 4.78 is 14.5. The van der Waals surface area contributed by atoms with Crippen LogP contribution in [0.15, 0.2) is 48.5 Å². The van der Waals surface area contributed by atoms with Crippen molar-refractivity contribution in [2.75, 3.05) is 6.54 Å². The first-order valence-corrected chi connectivity index (χ1v) is 9.05. The molecule has 1 aliphatic rings. The molecule has 3 aromatic rings. The average molecular weight is 365 g/mol. The Balaban J connectivity index is 1.62. The van der Waals surface area contributed by atoms with Gasteiger partial charge >= 0.3 is 0 Å². The minimum absolute atomic E-state index is 0.147. The Kier molecular flexibility index (Phi) is 4.62. The Morgan fingerprint density at radius 3 is 2.70 bits per heavy atom. The van der Waals surface area contributed by atoms with Crippen LogP contribution < -0.4 is 10.6 Å². The standard InChI is InChI=1S/C21H20FN3O2/c22-15-7-4-8-16-19(15)14(20(25-16)13-5-2-1-3-6-13)9-10-18(26)24-17-11-12-23-21(17)27/h1-8,17,25H,9-12H2,(H,23,27)(H,24,26). The van der Waals surface area contributed by atoms with Gasteiger partial charge in [0.2, 0.25) is 11.8 Å². The average Bonchev–Trinajstić information content (AvgIpc) is 3.25. The second-order valence-electron chi connectivity index (χ2n) is 6.71. The lowest BCUT2D eigenvalue weighted by Crippen LogP contribution is -2.40. The summed E-state index contributed by atoms with van der Waals surface area (Å²) in [6.07, 6.45) is 1.16. The van der Waals surface area contributed by atoms with Gasteiger partial charge in [0, 0.05) is 29.6 Å². The third kappa shape index (κ3) is 3.43. The van der Waals surface area contributed by atoms with Crippen LogP contribution in [0.25, 0.3) is 22.2 Å². The molecule has 3 N–H and O–H groups in total. The highest BCUT2D eigenvalue weighted by molar-refractivity contribution is 5.92. The van der Waals surface area contributed by atoms with Crippen molar-refractivity contribution in [3.63, 3.8) is 0 Å². The third-order valence-electron chi connectivity index (χ3n) is 4.93. The molecule has 138 valence electrons. The van der Waals surface area contributed by atoms with Crippen LogP contribution in [0.4, 0.5) is 4.39 Å². The number of benzene rings is 2. The topological polar surface area (TPSA) is 74.0 Å². The zero-order valence-corrected chi connectivity index (χ0v) is 14.7. The maximum absolute atomic E-state index is 14.5. The summed E-state index contributed by atoms with van der Waals surface area (Å²) in [5, 5.41) is 5.97. The van der Waals surface area contributed by atoms with Crippen molar-refractivity contribution in [1.29, 1.82) is 0 Å². The lowest BCUT2D eigenvalue weighted by Gasteiger charge is -2.10. The van der Waals surface area contributed by atoms with E-state index >= 15 is 0 Å². The minimum atomic E-state index is -0.467. The van der Waals surface area contributed by atoms with Gasteiger partial charge in [-0.25, -0.2) is 4.39 Å². The number of aryl methyl sites for hydroxylation is 1. The number of halogens is 1. The van der Waals surface area contributed by atoms with Crippen molar-refractivity contribution >= 4 is 22.7 Å². The molecule has 1 atom stereocenters. The van der Waals surface area contributed by atoms with Crippen LogP contribution in [0, 0.1) is 5.82 Å². The molecule has 0 aliphatic carbocycles. The molecule has 4 rings (SSSR count). The second-order valence-corrected chi connectivity index (χ2v) is 6.71. The zero-order chi connectivity index (χ0) is 18.8. The number of H-pyrrole nitrogens is 1. The Bertz CT molecular complexity index is 997. The van der Waals surface area contributed by atoms with Crippen molar-refractivity contribution in [2.24, 2.45) is 0 Å².